The second-order valence-electron chi connectivity index (χ2n) is 5.77. The molecule has 0 aliphatic heterocycles. The van der Waals surface area contributed by atoms with Crippen LogP contribution in [0.15, 0.2) is 47.4 Å². The van der Waals surface area contributed by atoms with Gasteiger partial charge in [-0.1, -0.05) is 50.2 Å². The maximum atomic E-state index is 11.4. The molecular weight excluding hydrogens is 298 g/mol. The minimum Gasteiger partial charge on any atom is -0.374 e. The Bertz CT molecular complexity index is 728. The second-order valence-corrected chi connectivity index (χ2v) is 6.77. The van der Waals surface area contributed by atoms with Gasteiger partial charge in [0.05, 0.1) is 4.90 Å². The fraction of sp³-hybridized carbons (Fsp3) is 0.294. The summed E-state index contributed by atoms with van der Waals surface area (Å²) in [5.41, 5.74) is 8.59. The molecule has 22 heavy (non-hydrogen) atoms. The van der Waals surface area contributed by atoms with Crippen LogP contribution >= 0.6 is 0 Å². The van der Waals surface area contributed by atoms with Gasteiger partial charge in [0.25, 0.3) is 0 Å². The van der Waals surface area contributed by atoms with E-state index in [1.54, 1.807) is 18.2 Å². The Kier molecular flexibility index (Phi) is 5.34. The Balaban J connectivity index is 2.47. The predicted octanol–water partition coefficient (Wildman–Crippen LogP) is 2.47. The zero-order chi connectivity index (χ0) is 16.3. The first kappa shape index (κ1) is 16.7. The lowest BCUT2D eigenvalue weighted by Crippen LogP contribution is -2.10. The van der Waals surface area contributed by atoms with Crippen molar-refractivity contribution < 1.29 is 13.5 Å². The standard InChI is InChI=1S/C17H21NO3S/c1-11(2)8-12-4-3-5-13(9-12)14-6-7-15(17(18)19)16(10-14)22(20)21/h3-7,9-11,17,19,22H,8,18H2,1-2H3. The summed E-state index contributed by atoms with van der Waals surface area (Å²) in [6.45, 7) is 4.31. The number of hydrogen-bond acceptors (Lipinski definition) is 4. The third-order valence-corrected chi connectivity index (χ3v) is 4.23. The van der Waals surface area contributed by atoms with Crippen molar-refractivity contribution >= 4 is 10.7 Å². The van der Waals surface area contributed by atoms with E-state index in [1.807, 2.05) is 12.1 Å². The molecule has 0 amide bonds. The molecule has 1 atom stereocenters. The number of aliphatic hydroxyl groups excluding tert-OH is 1. The molecule has 0 aromatic heterocycles. The largest absolute Gasteiger partial charge is 0.374 e. The van der Waals surface area contributed by atoms with Crippen molar-refractivity contribution in [3.8, 4) is 11.1 Å². The van der Waals surface area contributed by atoms with Crippen molar-refractivity contribution in [3.05, 3.63) is 53.6 Å². The van der Waals surface area contributed by atoms with Gasteiger partial charge in [0.1, 0.15) is 6.23 Å². The first-order chi connectivity index (χ1) is 10.4. The summed E-state index contributed by atoms with van der Waals surface area (Å²) >= 11 is 0. The highest BCUT2D eigenvalue weighted by molar-refractivity contribution is 7.72. The first-order valence-corrected chi connectivity index (χ1v) is 8.37. The Morgan fingerprint density at radius 2 is 1.77 bits per heavy atom. The fourth-order valence-electron chi connectivity index (χ4n) is 2.48. The third kappa shape index (κ3) is 3.94. The summed E-state index contributed by atoms with van der Waals surface area (Å²) in [7, 11) is -2.82. The molecule has 3 N–H and O–H groups in total. The molecule has 2 rings (SSSR count). The molecule has 0 saturated heterocycles. The van der Waals surface area contributed by atoms with Gasteiger partial charge >= 0.3 is 0 Å². The average molecular weight is 319 g/mol. The fourth-order valence-corrected chi connectivity index (χ4v) is 3.14. The molecule has 0 aliphatic carbocycles. The van der Waals surface area contributed by atoms with Gasteiger partial charge in [-0.05, 0) is 35.1 Å². The predicted molar refractivity (Wildman–Crippen MR) is 88.1 cm³/mol. The van der Waals surface area contributed by atoms with E-state index in [4.69, 9.17) is 5.73 Å². The molecule has 118 valence electrons. The van der Waals surface area contributed by atoms with Gasteiger partial charge in [-0.25, -0.2) is 8.42 Å². The van der Waals surface area contributed by atoms with Crippen LogP contribution in [0.2, 0.25) is 0 Å². The number of benzene rings is 2. The van der Waals surface area contributed by atoms with Crippen LogP contribution in [0.5, 0.6) is 0 Å². The van der Waals surface area contributed by atoms with E-state index in [0.29, 0.717) is 5.92 Å². The zero-order valence-electron chi connectivity index (χ0n) is 12.7. The average Bonchev–Trinajstić information content (AvgIpc) is 2.46. The molecule has 1 unspecified atom stereocenters. The zero-order valence-corrected chi connectivity index (χ0v) is 13.6. The minimum absolute atomic E-state index is 0.0664. The number of nitrogens with two attached hydrogens (primary N) is 1. The lowest BCUT2D eigenvalue weighted by Gasteiger charge is -2.11. The van der Waals surface area contributed by atoms with Crippen LogP contribution in [0.4, 0.5) is 0 Å². The molecule has 0 aliphatic rings. The van der Waals surface area contributed by atoms with E-state index in [2.05, 4.69) is 26.0 Å². The van der Waals surface area contributed by atoms with Crippen molar-refractivity contribution in [3.63, 3.8) is 0 Å². The van der Waals surface area contributed by atoms with Crippen LogP contribution in [0.3, 0.4) is 0 Å². The number of hydrogen-bond donors (Lipinski definition) is 3. The van der Waals surface area contributed by atoms with Crippen molar-refractivity contribution in [1.29, 1.82) is 0 Å². The highest BCUT2D eigenvalue weighted by Gasteiger charge is 2.12. The van der Waals surface area contributed by atoms with Crippen LogP contribution in [-0.2, 0) is 17.1 Å². The summed E-state index contributed by atoms with van der Waals surface area (Å²) in [4.78, 5) is 0.0664. The second kappa shape index (κ2) is 7.05. The first-order valence-electron chi connectivity index (χ1n) is 7.19. The van der Waals surface area contributed by atoms with Crippen molar-refractivity contribution in [2.24, 2.45) is 11.7 Å². The summed E-state index contributed by atoms with van der Waals surface area (Å²) < 4.78 is 22.8. The van der Waals surface area contributed by atoms with Crippen molar-refractivity contribution in [1.82, 2.24) is 0 Å². The van der Waals surface area contributed by atoms with Gasteiger partial charge in [-0.15, -0.1) is 0 Å². The molecule has 4 nitrogen and oxygen atoms in total. The van der Waals surface area contributed by atoms with Crippen LogP contribution in [0, 0.1) is 5.92 Å². The van der Waals surface area contributed by atoms with E-state index in [1.165, 1.54) is 5.56 Å². The molecule has 0 spiro atoms. The molecule has 0 fully saturated rings. The normalized spacial score (nSPS) is 12.8. The Morgan fingerprint density at radius 1 is 1.09 bits per heavy atom. The van der Waals surface area contributed by atoms with E-state index >= 15 is 0 Å². The molecule has 0 bridgehead atoms. The minimum atomic E-state index is -2.82. The molecular formula is C17H21NO3S. The van der Waals surface area contributed by atoms with E-state index in [-0.39, 0.29) is 10.5 Å². The maximum Gasteiger partial charge on any atom is 0.168 e. The maximum absolute atomic E-state index is 11.4. The smallest absolute Gasteiger partial charge is 0.168 e. The summed E-state index contributed by atoms with van der Waals surface area (Å²) in [5.74, 6) is 0.552. The quantitative estimate of drug-likeness (QED) is 0.584. The molecule has 2 aromatic rings. The summed E-state index contributed by atoms with van der Waals surface area (Å²) in [6, 6.07) is 12.9. The molecule has 2 aromatic carbocycles. The number of thiol groups is 1. The van der Waals surface area contributed by atoms with Gasteiger partial charge in [-0.3, -0.25) is 0 Å². The molecule has 0 saturated carbocycles. The van der Waals surface area contributed by atoms with Crippen molar-refractivity contribution in [2.45, 2.75) is 31.4 Å². The lowest BCUT2D eigenvalue weighted by atomic mass is 9.97. The van der Waals surface area contributed by atoms with E-state index < -0.39 is 16.9 Å². The highest BCUT2D eigenvalue weighted by Crippen LogP contribution is 2.26. The summed E-state index contributed by atoms with van der Waals surface area (Å²) in [6.07, 6.45) is -0.333. The molecule has 0 radical (unpaired) electrons. The SMILES string of the molecule is CC(C)Cc1cccc(-c2ccc(C(N)O)c([SH](=O)=O)c2)c1. The van der Waals surface area contributed by atoms with Crippen LogP contribution in [0.25, 0.3) is 11.1 Å². The Hall–Kier alpha value is -1.69. The van der Waals surface area contributed by atoms with Crippen LogP contribution in [0.1, 0.15) is 31.2 Å². The van der Waals surface area contributed by atoms with Gasteiger partial charge in [0.2, 0.25) is 0 Å². The number of rotatable bonds is 5. The number of aliphatic hydroxyl groups is 1. The topological polar surface area (TPSA) is 80.4 Å². The van der Waals surface area contributed by atoms with Crippen LogP contribution in [-0.4, -0.2) is 13.5 Å². The monoisotopic (exact) mass is 319 g/mol. The third-order valence-electron chi connectivity index (χ3n) is 3.45. The van der Waals surface area contributed by atoms with E-state index in [0.717, 1.165) is 17.5 Å². The summed E-state index contributed by atoms with van der Waals surface area (Å²) in [5, 5.41) is 9.47. The molecule has 0 heterocycles. The van der Waals surface area contributed by atoms with Gasteiger partial charge in [0, 0.05) is 5.56 Å². The van der Waals surface area contributed by atoms with Gasteiger partial charge in [0.15, 0.2) is 10.7 Å². The highest BCUT2D eigenvalue weighted by atomic mass is 32.2. The van der Waals surface area contributed by atoms with Crippen molar-refractivity contribution in [2.75, 3.05) is 0 Å². The van der Waals surface area contributed by atoms with E-state index in [9.17, 15) is 13.5 Å². The molecule has 5 heteroatoms. The van der Waals surface area contributed by atoms with Gasteiger partial charge < -0.3 is 10.8 Å². The van der Waals surface area contributed by atoms with Crippen LogP contribution < -0.4 is 5.73 Å². The Morgan fingerprint density at radius 3 is 2.36 bits per heavy atom. The Labute approximate surface area is 132 Å². The lowest BCUT2D eigenvalue weighted by molar-refractivity contribution is 0.183. The van der Waals surface area contributed by atoms with Gasteiger partial charge in [-0.2, -0.15) is 0 Å².